The Morgan fingerprint density at radius 2 is 1.76 bits per heavy atom. The van der Waals surface area contributed by atoms with Gasteiger partial charge in [0.2, 0.25) is 0 Å². The van der Waals surface area contributed by atoms with E-state index in [4.69, 9.17) is 9.47 Å². The van der Waals surface area contributed by atoms with Gasteiger partial charge in [0.05, 0.1) is 0 Å². The Labute approximate surface area is 127 Å². The van der Waals surface area contributed by atoms with Crippen molar-refractivity contribution in [3.8, 4) is 5.75 Å². The zero-order valence-corrected chi connectivity index (χ0v) is 13.6. The molecule has 1 heterocycles. The summed E-state index contributed by atoms with van der Waals surface area (Å²) in [4.78, 5) is 1.39. The van der Waals surface area contributed by atoms with Gasteiger partial charge in [0.25, 0.3) is 0 Å². The first-order valence-electron chi connectivity index (χ1n) is 7.80. The average molecular weight is 294 g/mol. The van der Waals surface area contributed by atoms with Crippen molar-refractivity contribution in [2.75, 3.05) is 26.2 Å². The number of hydrogen-bond donors (Lipinski definition) is 2. The van der Waals surface area contributed by atoms with Crippen LogP contribution in [-0.2, 0) is 4.74 Å². The molecule has 0 radical (unpaired) electrons. The lowest BCUT2D eigenvalue weighted by molar-refractivity contribution is -0.918. The number of hydrogen-bond acceptors (Lipinski definition) is 3. The highest BCUT2D eigenvalue weighted by atomic mass is 16.5. The van der Waals surface area contributed by atoms with E-state index in [-0.39, 0.29) is 12.2 Å². The van der Waals surface area contributed by atoms with Crippen molar-refractivity contribution in [1.29, 1.82) is 0 Å². The van der Waals surface area contributed by atoms with E-state index in [0.29, 0.717) is 13.2 Å². The Morgan fingerprint density at radius 1 is 1.19 bits per heavy atom. The third-order valence-electron chi connectivity index (χ3n) is 3.78. The number of ether oxygens (including phenoxy) is 2. The molecule has 1 saturated heterocycles. The Kier molecular flexibility index (Phi) is 5.62. The minimum absolute atomic E-state index is 0.260. The van der Waals surface area contributed by atoms with Gasteiger partial charge in [0.1, 0.15) is 50.3 Å². The van der Waals surface area contributed by atoms with Gasteiger partial charge in [-0.1, -0.05) is 6.07 Å². The summed E-state index contributed by atoms with van der Waals surface area (Å²) in [5, 5.41) is 10.2. The predicted molar refractivity (Wildman–Crippen MR) is 83.0 cm³/mol. The largest absolute Gasteiger partial charge is 0.491 e. The molecule has 0 unspecified atom stereocenters. The molecule has 1 aliphatic heterocycles. The SMILES string of the molecule is Cc1cc(C)cc(OC[C@H](O)C[NH+]2C[C@@H](C)O[C@H](C)C2)c1. The number of rotatable bonds is 5. The van der Waals surface area contributed by atoms with Crippen LogP contribution in [0.3, 0.4) is 0 Å². The number of aliphatic hydroxyl groups is 1. The van der Waals surface area contributed by atoms with Crippen LogP contribution in [0.25, 0.3) is 0 Å². The maximum absolute atomic E-state index is 10.2. The lowest BCUT2D eigenvalue weighted by Crippen LogP contribution is -3.16. The van der Waals surface area contributed by atoms with Crippen LogP contribution in [0, 0.1) is 13.8 Å². The maximum atomic E-state index is 10.2. The molecule has 0 aliphatic carbocycles. The van der Waals surface area contributed by atoms with Crippen LogP contribution in [0.5, 0.6) is 5.75 Å². The van der Waals surface area contributed by atoms with Crippen LogP contribution < -0.4 is 9.64 Å². The highest BCUT2D eigenvalue weighted by molar-refractivity contribution is 5.32. The van der Waals surface area contributed by atoms with Crippen LogP contribution in [0.15, 0.2) is 18.2 Å². The van der Waals surface area contributed by atoms with E-state index in [1.807, 2.05) is 12.1 Å². The number of morpholine rings is 1. The normalized spacial score (nSPS) is 27.4. The average Bonchev–Trinajstić information content (AvgIpc) is 2.34. The second-order valence-corrected chi connectivity index (χ2v) is 6.41. The number of benzene rings is 1. The number of nitrogens with one attached hydrogen (secondary N) is 1. The van der Waals surface area contributed by atoms with E-state index in [1.54, 1.807) is 0 Å². The standard InChI is InChI=1S/C17H27NO3/c1-12-5-13(2)7-17(6-12)20-11-16(19)10-18-8-14(3)21-15(4)9-18/h5-7,14-16,19H,8-11H2,1-4H3/p+1/t14-,15-,16-/m1/s1. The van der Waals surface area contributed by atoms with Gasteiger partial charge in [0.15, 0.2) is 0 Å². The maximum Gasteiger partial charge on any atom is 0.137 e. The van der Waals surface area contributed by atoms with Gasteiger partial charge in [-0.25, -0.2) is 0 Å². The highest BCUT2D eigenvalue weighted by Gasteiger charge is 2.27. The van der Waals surface area contributed by atoms with Crippen molar-refractivity contribution >= 4 is 0 Å². The Hall–Kier alpha value is -1.10. The second kappa shape index (κ2) is 7.25. The van der Waals surface area contributed by atoms with Crippen molar-refractivity contribution in [3.05, 3.63) is 29.3 Å². The predicted octanol–water partition coefficient (Wildman–Crippen LogP) is 0.735. The van der Waals surface area contributed by atoms with Gasteiger partial charge >= 0.3 is 0 Å². The molecule has 1 aromatic carbocycles. The number of aryl methyl sites for hydroxylation is 2. The summed E-state index contributed by atoms with van der Waals surface area (Å²) in [6, 6.07) is 6.13. The van der Waals surface area contributed by atoms with E-state index in [0.717, 1.165) is 18.8 Å². The van der Waals surface area contributed by atoms with Crippen molar-refractivity contribution in [2.24, 2.45) is 0 Å². The van der Waals surface area contributed by atoms with Crippen LogP contribution in [0.1, 0.15) is 25.0 Å². The number of quaternary nitrogens is 1. The fraction of sp³-hybridized carbons (Fsp3) is 0.647. The van der Waals surface area contributed by atoms with Crippen molar-refractivity contribution < 1.29 is 19.5 Å². The topological polar surface area (TPSA) is 43.1 Å². The molecule has 118 valence electrons. The lowest BCUT2D eigenvalue weighted by Gasteiger charge is -2.33. The van der Waals surface area contributed by atoms with Gasteiger partial charge in [-0.2, -0.15) is 0 Å². The smallest absolute Gasteiger partial charge is 0.137 e. The van der Waals surface area contributed by atoms with Crippen LogP contribution in [0.2, 0.25) is 0 Å². The zero-order chi connectivity index (χ0) is 15.4. The first-order chi connectivity index (χ1) is 9.92. The van der Waals surface area contributed by atoms with Crippen molar-refractivity contribution in [3.63, 3.8) is 0 Å². The van der Waals surface area contributed by atoms with Crippen LogP contribution >= 0.6 is 0 Å². The quantitative estimate of drug-likeness (QED) is 0.842. The minimum Gasteiger partial charge on any atom is -0.491 e. The molecule has 0 aromatic heterocycles. The first kappa shape index (κ1) is 16.3. The Bertz CT molecular complexity index is 433. The minimum atomic E-state index is -0.446. The van der Waals surface area contributed by atoms with E-state index < -0.39 is 6.10 Å². The molecule has 0 spiro atoms. The van der Waals surface area contributed by atoms with Gasteiger partial charge < -0.3 is 19.5 Å². The fourth-order valence-electron chi connectivity index (χ4n) is 3.16. The molecule has 0 saturated carbocycles. The fourth-order valence-corrected chi connectivity index (χ4v) is 3.16. The van der Waals surface area contributed by atoms with Crippen LogP contribution in [-0.4, -0.2) is 49.7 Å². The molecule has 1 fully saturated rings. The van der Waals surface area contributed by atoms with Crippen LogP contribution in [0.4, 0.5) is 0 Å². The molecule has 0 bridgehead atoms. The summed E-state index contributed by atoms with van der Waals surface area (Å²) < 4.78 is 11.4. The summed E-state index contributed by atoms with van der Waals surface area (Å²) in [7, 11) is 0. The van der Waals surface area contributed by atoms with Gasteiger partial charge in [-0.15, -0.1) is 0 Å². The Morgan fingerprint density at radius 3 is 2.33 bits per heavy atom. The molecule has 2 N–H and O–H groups in total. The zero-order valence-electron chi connectivity index (χ0n) is 13.6. The third-order valence-corrected chi connectivity index (χ3v) is 3.78. The molecule has 21 heavy (non-hydrogen) atoms. The second-order valence-electron chi connectivity index (χ2n) is 6.41. The van der Waals surface area contributed by atoms with Gasteiger partial charge in [0, 0.05) is 0 Å². The molecule has 0 amide bonds. The monoisotopic (exact) mass is 294 g/mol. The van der Waals surface area contributed by atoms with E-state index in [9.17, 15) is 5.11 Å². The summed E-state index contributed by atoms with van der Waals surface area (Å²) in [6.45, 7) is 11.2. The molecule has 1 aromatic rings. The molecular weight excluding hydrogens is 266 g/mol. The van der Waals surface area contributed by atoms with E-state index >= 15 is 0 Å². The molecule has 4 nitrogen and oxygen atoms in total. The molecule has 2 rings (SSSR count). The van der Waals surface area contributed by atoms with Gasteiger partial charge in [-0.05, 0) is 51.0 Å². The van der Waals surface area contributed by atoms with Gasteiger partial charge in [-0.3, -0.25) is 0 Å². The van der Waals surface area contributed by atoms with Crippen molar-refractivity contribution in [1.82, 2.24) is 0 Å². The summed E-state index contributed by atoms with van der Waals surface area (Å²) >= 11 is 0. The number of aliphatic hydroxyl groups excluding tert-OH is 1. The molecular formula is C17H28NO3+. The van der Waals surface area contributed by atoms with Crippen molar-refractivity contribution in [2.45, 2.75) is 46.0 Å². The molecule has 1 aliphatic rings. The Balaban J connectivity index is 1.80. The third kappa shape index (κ3) is 5.30. The highest BCUT2D eigenvalue weighted by Crippen LogP contribution is 2.16. The summed E-state index contributed by atoms with van der Waals surface area (Å²) in [5.41, 5.74) is 2.36. The van der Waals surface area contributed by atoms with E-state index in [2.05, 4.69) is 33.8 Å². The van der Waals surface area contributed by atoms with E-state index in [1.165, 1.54) is 16.0 Å². The molecule has 3 atom stereocenters. The summed E-state index contributed by atoms with van der Waals surface area (Å²) in [6.07, 6.45) is 0.0749. The summed E-state index contributed by atoms with van der Waals surface area (Å²) in [5.74, 6) is 0.838. The lowest BCUT2D eigenvalue weighted by atomic mass is 10.1. The molecule has 4 heteroatoms. The first-order valence-corrected chi connectivity index (χ1v) is 7.80.